The SMILES string of the molecule is Cc1ccc(F)cc1S(=O)(=O)NNC(=O)c1ccc2oc3ccccc3c2c1. The molecule has 4 rings (SSSR count). The number of fused-ring (bicyclic) bond motifs is 3. The zero-order valence-electron chi connectivity index (χ0n) is 14.7. The molecule has 0 saturated heterocycles. The van der Waals surface area contributed by atoms with E-state index in [0.717, 1.165) is 22.9 Å². The minimum Gasteiger partial charge on any atom is -0.456 e. The molecule has 0 bridgehead atoms. The van der Waals surface area contributed by atoms with Gasteiger partial charge in [-0.25, -0.2) is 12.8 Å². The number of amides is 1. The number of benzene rings is 3. The Balaban J connectivity index is 1.60. The Labute approximate surface area is 160 Å². The fourth-order valence-electron chi connectivity index (χ4n) is 2.97. The minimum atomic E-state index is -4.12. The molecule has 0 aliphatic heterocycles. The Hall–Kier alpha value is -3.23. The monoisotopic (exact) mass is 398 g/mol. The summed E-state index contributed by atoms with van der Waals surface area (Å²) in [5, 5.41) is 1.59. The van der Waals surface area contributed by atoms with Gasteiger partial charge in [-0.3, -0.25) is 10.2 Å². The van der Waals surface area contributed by atoms with Gasteiger partial charge < -0.3 is 4.42 Å². The summed E-state index contributed by atoms with van der Waals surface area (Å²) in [6.07, 6.45) is 0. The number of rotatable bonds is 4. The maximum absolute atomic E-state index is 13.4. The third-order valence-electron chi connectivity index (χ3n) is 4.38. The first-order valence-electron chi connectivity index (χ1n) is 8.35. The number of sulfonamides is 1. The maximum Gasteiger partial charge on any atom is 0.266 e. The molecule has 0 saturated carbocycles. The van der Waals surface area contributed by atoms with Crippen LogP contribution in [0.3, 0.4) is 0 Å². The van der Waals surface area contributed by atoms with Crippen LogP contribution in [0.15, 0.2) is 70.0 Å². The molecule has 0 spiro atoms. The van der Waals surface area contributed by atoms with Crippen molar-refractivity contribution in [3.63, 3.8) is 0 Å². The van der Waals surface area contributed by atoms with Gasteiger partial charge in [-0.1, -0.05) is 24.3 Å². The van der Waals surface area contributed by atoms with Crippen LogP contribution in [-0.4, -0.2) is 14.3 Å². The zero-order valence-corrected chi connectivity index (χ0v) is 15.5. The average molecular weight is 398 g/mol. The van der Waals surface area contributed by atoms with Crippen molar-refractivity contribution in [2.75, 3.05) is 0 Å². The number of carbonyl (C=O) groups excluding carboxylic acids is 1. The fraction of sp³-hybridized carbons (Fsp3) is 0.0500. The lowest BCUT2D eigenvalue weighted by Crippen LogP contribution is -2.41. The van der Waals surface area contributed by atoms with Gasteiger partial charge in [0, 0.05) is 16.3 Å². The number of hydrazine groups is 1. The Kier molecular flexibility index (Phi) is 4.37. The lowest BCUT2D eigenvalue weighted by Gasteiger charge is -2.10. The van der Waals surface area contributed by atoms with Crippen LogP contribution in [0.25, 0.3) is 21.9 Å². The highest BCUT2D eigenvalue weighted by molar-refractivity contribution is 7.89. The van der Waals surface area contributed by atoms with Gasteiger partial charge in [-0.05, 0) is 48.9 Å². The molecule has 0 unspecified atom stereocenters. The summed E-state index contributed by atoms with van der Waals surface area (Å²) in [7, 11) is -4.12. The van der Waals surface area contributed by atoms with E-state index < -0.39 is 21.7 Å². The molecule has 1 amide bonds. The summed E-state index contributed by atoms with van der Waals surface area (Å²) >= 11 is 0. The number of aryl methyl sites for hydroxylation is 1. The number of furan rings is 1. The second-order valence-electron chi connectivity index (χ2n) is 6.28. The van der Waals surface area contributed by atoms with Gasteiger partial charge in [-0.15, -0.1) is 4.83 Å². The Bertz CT molecular complexity index is 1330. The van der Waals surface area contributed by atoms with E-state index in [1.165, 1.54) is 19.1 Å². The van der Waals surface area contributed by atoms with E-state index in [1.807, 2.05) is 29.1 Å². The van der Waals surface area contributed by atoms with E-state index in [1.54, 1.807) is 12.1 Å². The summed E-state index contributed by atoms with van der Waals surface area (Å²) in [5.74, 6) is -1.33. The van der Waals surface area contributed by atoms with Crippen LogP contribution in [-0.2, 0) is 10.0 Å². The predicted octanol–water partition coefficient (Wildman–Crippen LogP) is 3.66. The fourth-order valence-corrected chi connectivity index (χ4v) is 4.07. The van der Waals surface area contributed by atoms with Crippen LogP contribution >= 0.6 is 0 Å². The molecule has 142 valence electrons. The van der Waals surface area contributed by atoms with Crippen LogP contribution in [0.1, 0.15) is 15.9 Å². The van der Waals surface area contributed by atoms with Gasteiger partial charge in [-0.2, -0.15) is 0 Å². The average Bonchev–Trinajstić information content (AvgIpc) is 3.06. The van der Waals surface area contributed by atoms with E-state index in [-0.39, 0.29) is 10.5 Å². The Morgan fingerprint density at radius 2 is 1.71 bits per heavy atom. The van der Waals surface area contributed by atoms with Crippen molar-refractivity contribution in [3.8, 4) is 0 Å². The molecule has 1 aromatic heterocycles. The smallest absolute Gasteiger partial charge is 0.266 e. The van der Waals surface area contributed by atoms with Crippen molar-refractivity contribution in [2.45, 2.75) is 11.8 Å². The predicted molar refractivity (Wildman–Crippen MR) is 103 cm³/mol. The molecule has 4 aromatic rings. The van der Waals surface area contributed by atoms with Gasteiger partial charge in [0.2, 0.25) is 0 Å². The summed E-state index contributed by atoms with van der Waals surface area (Å²) in [4.78, 5) is 14.2. The number of nitrogens with one attached hydrogen (secondary N) is 2. The highest BCUT2D eigenvalue weighted by atomic mass is 32.2. The van der Waals surface area contributed by atoms with Gasteiger partial charge in [0.15, 0.2) is 0 Å². The summed E-state index contributed by atoms with van der Waals surface area (Å²) in [6.45, 7) is 1.54. The molecule has 28 heavy (non-hydrogen) atoms. The quantitative estimate of drug-likeness (QED) is 0.514. The topological polar surface area (TPSA) is 88.4 Å². The second-order valence-corrected chi connectivity index (χ2v) is 7.93. The number of hydrogen-bond acceptors (Lipinski definition) is 4. The van der Waals surface area contributed by atoms with Crippen LogP contribution in [0.5, 0.6) is 0 Å². The van der Waals surface area contributed by atoms with Crippen molar-refractivity contribution in [1.82, 2.24) is 10.3 Å². The van der Waals surface area contributed by atoms with E-state index in [0.29, 0.717) is 16.7 Å². The normalized spacial score (nSPS) is 11.8. The van der Waals surface area contributed by atoms with Crippen molar-refractivity contribution in [2.24, 2.45) is 0 Å². The summed E-state index contributed by atoms with van der Waals surface area (Å²) < 4.78 is 43.9. The van der Waals surface area contributed by atoms with Crippen LogP contribution < -0.4 is 10.3 Å². The first kappa shape index (κ1) is 18.1. The lowest BCUT2D eigenvalue weighted by molar-refractivity contribution is 0.0945. The van der Waals surface area contributed by atoms with Crippen molar-refractivity contribution in [3.05, 3.63) is 77.6 Å². The van der Waals surface area contributed by atoms with Crippen molar-refractivity contribution in [1.29, 1.82) is 0 Å². The molecule has 3 aromatic carbocycles. The van der Waals surface area contributed by atoms with Crippen molar-refractivity contribution >= 4 is 37.9 Å². The van der Waals surface area contributed by atoms with Gasteiger partial charge in [0.1, 0.15) is 17.0 Å². The summed E-state index contributed by atoms with van der Waals surface area (Å²) in [5.41, 5.74) is 4.07. The number of para-hydroxylation sites is 1. The molecule has 0 fully saturated rings. The number of carbonyl (C=O) groups is 1. The maximum atomic E-state index is 13.4. The number of hydrogen-bond donors (Lipinski definition) is 2. The molecular formula is C20H15FN2O4S. The Morgan fingerprint density at radius 1 is 0.964 bits per heavy atom. The standard InChI is InChI=1S/C20H15FN2O4S/c1-12-6-8-14(21)11-19(12)28(25,26)23-22-20(24)13-7-9-18-16(10-13)15-4-2-3-5-17(15)27-18/h2-11,23H,1H3,(H,22,24). The molecule has 2 N–H and O–H groups in total. The van der Waals surface area contributed by atoms with E-state index in [4.69, 9.17) is 4.42 Å². The van der Waals surface area contributed by atoms with E-state index in [9.17, 15) is 17.6 Å². The van der Waals surface area contributed by atoms with Crippen LogP contribution in [0, 0.1) is 12.7 Å². The highest BCUT2D eigenvalue weighted by Crippen LogP contribution is 2.29. The third-order valence-corrected chi connectivity index (χ3v) is 5.77. The molecule has 0 aliphatic rings. The van der Waals surface area contributed by atoms with Gasteiger partial charge in [0.05, 0.1) is 4.90 Å². The number of halogens is 1. The first-order chi connectivity index (χ1) is 13.3. The summed E-state index contributed by atoms with van der Waals surface area (Å²) in [6, 6.07) is 15.6. The molecule has 6 nitrogen and oxygen atoms in total. The zero-order chi connectivity index (χ0) is 19.9. The van der Waals surface area contributed by atoms with Crippen molar-refractivity contribution < 1.29 is 22.0 Å². The highest BCUT2D eigenvalue weighted by Gasteiger charge is 2.19. The van der Waals surface area contributed by atoms with Gasteiger partial charge >= 0.3 is 0 Å². The van der Waals surface area contributed by atoms with Crippen LogP contribution in [0.4, 0.5) is 4.39 Å². The van der Waals surface area contributed by atoms with Crippen LogP contribution in [0.2, 0.25) is 0 Å². The molecule has 0 atom stereocenters. The Morgan fingerprint density at radius 3 is 2.54 bits per heavy atom. The molecule has 8 heteroatoms. The molecule has 1 heterocycles. The molecular weight excluding hydrogens is 383 g/mol. The second kappa shape index (κ2) is 6.74. The minimum absolute atomic E-state index is 0.246. The lowest BCUT2D eigenvalue weighted by atomic mass is 10.1. The molecule has 0 radical (unpaired) electrons. The molecule has 0 aliphatic carbocycles. The third kappa shape index (κ3) is 3.23. The van der Waals surface area contributed by atoms with E-state index in [2.05, 4.69) is 5.43 Å². The first-order valence-corrected chi connectivity index (χ1v) is 9.83. The largest absolute Gasteiger partial charge is 0.456 e. The van der Waals surface area contributed by atoms with E-state index >= 15 is 0 Å². The van der Waals surface area contributed by atoms with Gasteiger partial charge in [0.25, 0.3) is 15.9 Å².